The Morgan fingerprint density at radius 3 is 2.73 bits per heavy atom. The van der Waals surface area contributed by atoms with Gasteiger partial charge in [-0.1, -0.05) is 45.5 Å². The number of rotatable bonds is 3. The van der Waals surface area contributed by atoms with Crippen molar-refractivity contribution in [2.75, 3.05) is 5.43 Å². The van der Waals surface area contributed by atoms with E-state index in [1.165, 1.54) is 0 Å². The van der Waals surface area contributed by atoms with E-state index in [9.17, 15) is 0 Å². The Kier molecular flexibility index (Phi) is 3.24. The molecule has 0 unspecified atom stereocenters. The van der Waals surface area contributed by atoms with Crippen LogP contribution >= 0.6 is 0 Å². The first-order chi connectivity index (χ1) is 10.4. The largest absolute Gasteiger partial charge is 0.337 e. The number of hydrogen-bond acceptors (Lipinski definition) is 5. The van der Waals surface area contributed by atoms with Gasteiger partial charge in [-0.25, -0.2) is 0 Å². The zero-order chi connectivity index (χ0) is 15.9. The van der Waals surface area contributed by atoms with E-state index in [1.54, 1.807) is 0 Å². The fourth-order valence-electron chi connectivity index (χ4n) is 2.12. The zero-order valence-corrected chi connectivity index (χ0v) is 13.3. The van der Waals surface area contributed by atoms with Crippen molar-refractivity contribution in [3.05, 3.63) is 36.0 Å². The highest BCUT2D eigenvalue weighted by atomic mass is 15.4. The topological polar surface area (TPSA) is 78.5 Å². The molecule has 0 saturated carbocycles. The average Bonchev–Trinajstić information content (AvgIpc) is 2.83. The molecular weight excluding hydrogens is 276 g/mol. The number of benzene rings is 1. The van der Waals surface area contributed by atoms with Gasteiger partial charge in [0.15, 0.2) is 5.65 Å². The molecule has 2 heterocycles. The molecule has 6 nitrogen and oxygen atoms in total. The first kappa shape index (κ1) is 14.3. The van der Waals surface area contributed by atoms with Crippen LogP contribution in [0.3, 0.4) is 0 Å². The minimum Gasteiger partial charge on any atom is -0.337 e. The SMILES string of the molecule is C=C(NNc1nnc2c(n1)[nH]c1c(C)cccc12)C(C)(C)C. The average molecular weight is 296 g/mol. The summed E-state index contributed by atoms with van der Waals surface area (Å²) in [7, 11) is 0. The van der Waals surface area contributed by atoms with Crippen molar-refractivity contribution in [3.8, 4) is 0 Å². The number of nitrogens with one attached hydrogen (secondary N) is 3. The maximum Gasteiger partial charge on any atom is 0.263 e. The summed E-state index contributed by atoms with van der Waals surface area (Å²) in [6, 6.07) is 6.08. The Balaban J connectivity index is 1.92. The summed E-state index contributed by atoms with van der Waals surface area (Å²) < 4.78 is 0. The van der Waals surface area contributed by atoms with E-state index in [2.05, 4.69) is 71.4 Å². The number of allylic oxidation sites excluding steroid dienone is 1. The van der Waals surface area contributed by atoms with Gasteiger partial charge in [0.2, 0.25) is 0 Å². The van der Waals surface area contributed by atoms with Crippen molar-refractivity contribution in [1.29, 1.82) is 0 Å². The quantitative estimate of drug-likeness (QED) is 0.646. The number of fused-ring (bicyclic) bond motifs is 3. The monoisotopic (exact) mass is 296 g/mol. The number of nitrogens with zero attached hydrogens (tertiary/aromatic N) is 3. The lowest BCUT2D eigenvalue weighted by Gasteiger charge is -2.22. The highest BCUT2D eigenvalue weighted by molar-refractivity contribution is 6.04. The molecule has 0 aliphatic heterocycles. The van der Waals surface area contributed by atoms with Crippen LogP contribution in [0.5, 0.6) is 0 Å². The van der Waals surface area contributed by atoms with Crippen LogP contribution in [0.1, 0.15) is 26.3 Å². The molecule has 1 aromatic carbocycles. The van der Waals surface area contributed by atoms with Crippen LogP contribution in [0, 0.1) is 12.3 Å². The number of H-pyrrole nitrogens is 1. The van der Waals surface area contributed by atoms with Gasteiger partial charge in [-0.05, 0) is 12.5 Å². The summed E-state index contributed by atoms with van der Waals surface area (Å²) in [6.45, 7) is 12.3. The number of aromatic amines is 1. The van der Waals surface area contributed by atoms with E-state index >= 15 is 0 Å². The van der Waals surface area contributed by atoms with Crippen molar-refractivity contribution >= 4 is 28.0 Å². The molecule has 2 aromatic heterocycles. The lowest BCUT2D eigenvalue weighted by molar-refractivity contribution is 0.473. The van der Waals surface area contributed by atoms with Crippen molar-refractivity contribution in [2.24, 2.45) is 5.41 Å². The smallest absolute Gasteiger partial charge is 0.263 e. The van der Waals surface area contributed by atoms with Crippen molar-refractivity contribution in [1.82, 2.24) is 25.6 Å². The molecule has 0 aliphatic carbocycles. The zero-order valence-electron chi connectivity index (χ0n) is 13.3. The van der Waals surface area contributed by atoms with E-state index in [0.717, 1.165) is 27.7 Å². The molecule has 22 heavy (non-hydrogen) atoms. The van der Waals surface area contributed by atoms with Crippen LogP contribution in [-0.2, 0) is 0 Å². The number of aromatic nitrogens is 4. The van der Waals surface area contributed by atoms with Gasteiger partial charge in [0.05, 0.1) is 5.52 Å². The number of aryl methyl sites for hydroxylation is 1. The van der Waals surface area contributed by atoms with E-state index in [4.69, 9.17) is 0 Å². The summed E-state index contributed by atoms with van der Waals surface area (Å²) in [5.74, 6) is 0.405. The van der Waals surface area contributed by atoms with Crippen molar-refractivity contribution in [2.45, 2.75) is 27.7 Å². The van der Waals surface area contributed by atoms with E-state index in [-0.39, 0.29) is 5.41 Å². The van der Waals surface area contributed by atoms with Crippen LogP contribution < -0.4 is 10.9 Å². The Labute approximate surface area is 129 Å². The highest BCUT2D eigenvalue weighted by Gasteiger charge is 2.15. The molecule has 0 radical (unpaired) electrons. The number of hydrazine groups is 1. The van der Waals surface area contributed by atoms with Gasteiger partial charge in [0.25, 0.3) is 5.95 Å². The maximum atomic E-state index is 4.46. The van der Waals surface area contributed by atoms with Crippen molar-refractivity contribution < 1.29 is 0 Å². The molecule has 0 atom stereocenters. The number of hydrogen-bond donors (Lipinski definition) is 3. The highest BCUT2D eigenvalue weighted by Crippen LogP contribution is 2.25. The van der Waals surface area contributed by atoms with Crippen LogP contribution in [0.15, 0.2) is 30.5 Å². The van der Waals surface area contributed by atoms with Gasteiger partial charge >= 0.3 is 0 Å². The molecule has 0 spiro atoms. The number of para-hydroxylation sites is 1. The van der Waals surface area contributed by atoms with Gasteiger partial charge in [0, 0.05) is 16.5 Å². The van der Waals surface area contributed by atoms with Crippen LogP contribution in [0.25, 0.3) is 22.1 Å². The minimum atomic E-state index is -0.0528. The first-order valence-electron chi connectivity index (χ1n) is 7.19. The molecule has 114 valence electrons. The molecule has 0 saturated heterocycles. The van der Waals surface area contributed by atoms with Crippen LogP contribution in [-0.4, -0.2) is 20.2 Å². The van der Waals surface area contributed by atoms with E-state index in [1.807, 2.05) is 12.1 Å². The molecular formula is C16H20N6. The molecule has 0 amide bonds. The fraction of sp³-hybridized carbons (Fsp3) is 0.312. The third-order valence-electron chi connectivity index (χ3n) is 3.69. The molecule has 0 aliphatic rings. The Bertz CT molecular complexity index is 856. The summed E-state index contributed by atoms with van der Waals surface area (Å²) in [6.07, 6.45) is 0. The van der Waals surface area contributed by atoms with Gasteiger partial charge in [-0.15, -0.1) is 10.2 Å². The molecule has 0 bridgehead atoms. The molecule has 3 N–H and O–H groups in total. The fourth-order valence-corrected chi connectivity index (χ4v) is 2.12. The summed E-state index contributed by atoms with van der Waals surface area (Å²) >= 11 is 0. The normalized spacial score (nSPS) is 11.8. The predicted octanol–water partition coefficient (Wildman–Crippen LogP) is 3.29. The predicted molar refractivity (Wildman–Crippen MR) is 89.3 cm³/mol. The summed E-state index contributed by atoms with van der Waals surface area (Å²) in [4.78, 5) is 7.76. The van der Waals surface area contributed by atoms with Gasteiger partial charge in [0.1, 0.15) is 5.52 Å². The third kappa shape index (κ3) is 2.47. The molecule has 3 aromatic rings. The number of anilines is 1. The minimum absolute atomic E-state index is 0.0528. The second-order valence-corrected chi connectivity index (χ2v) is 6.43. The van der Waals surface area contributed by atoms with Crippen molar-refractivity contribution in [3.63, 3.8) is 0 Å². The first-order valence-corrected chi connectivity index (χ1v) is 7.19. The van der Waals surface area contributed by atoms with E-state index < -0.39 is 0 Å². The Morgan fingerprint density at radius 1 is 1.23 bits per heavy atom. The standard InChI is InChI=1S/C16H20N6/c1-9-7-6-8-11-12(9)17-14-13(11)20-22-15(18-14)21-19-10(2)16(3,4)5/h6-8,19H,2H2,1,3-5H3,(H2,17,18,21,22). The second kappa shape index (κ2) is 4.98. The van der Waals surface area contributed by atoms with Gasteiger partial charge < -0.3 is 10.4 Å². The molecule has 0 fully saturated rings. The molecule has 6 heteroatoms. The van der Waals surface area contributed by atoms with E-state index in [0.29, 0.717) is 11.6 Å². The van der Waals surface area contributed by atoms with Gasteiger partial charge in [-0.3, -0.25) is 5.43 Å². The Morgan fingerprint density at radius 2 is 2.00 bits per heavy atom. The lowest BCUT2D eigenvalue weighted by atomic mass is 9.93. The van der Waals surface area contributed by atoms with Crippen LogP contribution in [0.2, 0.25) is 0 Å². The molecule has 3 rings (SSSR count). The van der Waals surface area contributed by atoms with Gasteiger partial charge in [-0.2, -0.15) is 4.98 Å². The Hall–Kier alpha value is -2.63. The summed E-state index contributed by atoms with van der Waals surface area (Å²) in [5, 5.41) is 9.43. The third-order valence-corrected chi connectivity index (χ3v) is 3.69. The maximum absolute atomic E-state index is 4.46. The lowest BCUT2D eigenvalue weighted by Crippen LogP contribution is -2.29. The second-order valence-electron chi connectivity index (χ2n) is 6.43. The van der Waals surface area contributed by atoms with Crippen LogP contribution in [0.4, 0.5) is 5.95 Å². The summed E-state index contributed by atoms with van der Waals surface area (Å²) in [5.41, 5.74) is 10.5.